The van der Waals surface area contributed by atoms with Gasteiger partial charge in [-0.15, -0.1) is 0 Å². The summed E-state index contributed by atoms with van der Waals surface area (Å²) in [6, 6.07) is 17.7. The number of hydrogen-bond donors (Lipinski definition) is 3. The Kier molecular flexibility index (Phi) is 12.4. The molecule has 220 valence electrons. The molecule has 0 radical (unpaired) electrons. The van der Waals surface area contributed by atoms with Gasteiger partial charge in [-0.25, -0.2) is 9.59 Å². The van der Waals surface area contributed by atoms with Gasteiger partial charge in [-0.3, -0.25) is 9.59 Å². The van der Waals surface area contributed by atoms with Crippen LogP contribution in [-0.2, 0) is 30.3 Å². The van der Waals surface area contributed by atoms with Crippen LogP contribution in [0, 0.1) is 11.8 Å². The van der Waals surface area contributed by atoms with Crippen molar-refractivity contribution in [3.05, 3.63) is 83.9 Å². The smallest absolute Gasteiger partial charge is 0.408 e. The summed E-state index contributed by atoms with van der Waals surface area (Å²) < 4.78 is 10.8. The molecule has 9 heteroatoms. The predicted octanol–water partition coefficient (Wildman–Crippen LogP) is 4.24. The van der Waals surface area contributed by atoms with Crippen molar-refractivity contribution in [2.24, 2.45) is 11.8 Å². The number of nitrogens with one attached hydrogen (secondary N) is 3. The summed E-state index contributed by atoms with van der Waals surface area (Å²) in [6.07, 6.45) is 3.34. The fourth-order valence-corrected chi connectivity index (χ4v) is 4.76. The van der Waals surface area contributed by atoms with Crippen LogP contribution in [-0.4, -0.2) is 49.1 Å². The summed E-state index contributed by atoms with van der Waals surface area (Å²) in [4.78, 5) is 50.8. The van der Waals surface area contributed by atoms with Crippen molar-refractivity contribution in [3.63, 3.8) is 0 Å². The van der Waals surface area contributed by atoms with E-state index in [0.717, 1.165) is 11.1 Å². The first-order valence-corrected chi connectivity index (χ1v) is 14.2. The first-order valence-electron chi connectivity index (χ1n) is 14.2. The lowest BCUT2D eigenvalue weighted by molar-refractivity contribution is -0.137. The molecular formula is C32H41N3O6. The Morgan fingerprint density at radius 3 is 2.32 bits per heavy atom. The molecule has 0 aliphatic carbocycles. The van der Waals surface area contributed by atoms with Gasteiger partial charge >= 0.3 is 12.1 Å². The van der Waals surface area contributed by atoms with E-state index in [4.69, 9.17) is 9.47 Å². The molecule has 2 aromatic rings. The van der Waals surface area contributed by atoms with E-state index in [0.29, 0.717) is 32.2 Å². The molecule has 1 aliphatic heterocycles. The van der Waals surface area contributed by atoms with Crippen LogP contribution in [0.1, 0.15) is 57.3 Å². The number of benzene rings is 2. The molecule has 0 spiro atoms. The van der Waals surface area contributed by atoms with E-state index in [9.17, 15) is 19.2 Å². The fourth-order valence-electron chi connectivity index (χ4n) is 4.76. The molecule has 4 atom stereocenters. The van der Waals surface area contributed by atoms with Gasteiger partial charge in [0.15, 0.2) is 0 Å². The zero-order valence-electron chi connectivity index (χ0n) is 24.0. The molecule has 1 aliphatic rings. The van der Waals surface area contributed by atoms with Gasteiger partial charge in [0.1, 0.15) is 12.1 Å². The second kappa shape index (κ2) is 16.2. The molecule has 2 aromatic carbocycles. The van der Waals surface area contributed by atoms with Gasteiger partial charge in [-0.2, -0.15) is 0 Å². The van der Waals surface area contributed by atoms with Crippen molar-refractivity contribution in [2.45, 2.75) is 64.6 Å². The lowest BCUT2D eigenvalue weighted by atomic mass is 9.97. The summed E-state index contributed by atoms with van der Waals surface area (Å²) in [6.45, 7) is 6.41. The summed E-state index contributed by atoms with van der Waals surface area (Å²) >= 11 is 0. The van der Waals surface area contributed by atoms with Crippen molar-refractivity contribution in [1.82, 2.24) is 16.0 Å². The highest BCUT2D eigenvalue weighted by molar-refractivity contribution is 5.87. The van der Waals surface area contributed by atoms with E-state index in [1.165, 1.54) is 12.2 Å². The van der Waals surface area contributed by atoms with Crippen molar-refractivity contribution in [2.75, 3.05) is 13.2 Å². The quantitative estimate of drug-likeness (QED) is 0.233. The zero-order valence-corrected chi connectivity index (χ0v) is 24.0. The molecule has 41 heavy (non-hydrogen) atoms. The molecule has 4 unspecified atom stereocenters. The third-order valence-corrected chi connectivity index (χ3v) is 6.78. The maximum absolute atomic E-state index is 13.5. The summed E-state index contributed by atoms with van der Waals surface area (Å²) in [5.74, 6) is -1.24. The minimum Gasteiger partial charge on any atom is -0.463 e. The van der Waals surface area contributed by atoms with Gasteiger partial charge in [0, 0.05) is 31.0 Å². The Morgan fingerprint density at radius 2 is 1.71 bits per heavy atom. The van der Waals surface area contributed by atoms with Gasteiger partial charge in [0.05, 0.1) is 6.61 Å². The number of amides is 3. The van der Waals surface area contributed by atoms with Crippen LogP contribution in [0.4, 0.5) is 4.79 Å². The van der Waals surface area contributed by atoms with Gasteiger partial charge in [0.25, 0.3) is 0 Å². The van der Waals surface area contributed by atoms with Crippen LogP contribution >= 0.6 is 0 Å². The van der Waals surface area contributed by atoms with Gasteiger partial charge < -0.3 is 25.4 Å². The maximum Gasteiger partial charge on any atom is 0.408 e. The topological polar surface area (TPSA) is 123 Å². The molecule has 3 N–H and O–H groups in total. The van der Waals surface area contributed by atoms with Gasteiger partial charge in [0.2, 0.25) is 11.8 Å². The van der Waals surface area contributed by atoms with Crippen LogP contribution in [0.15, 0.2) is 72.8 Å². The van der Waals surface area contributed by atoms with Gasteiger partial charge in [-0.1, -0.05) is 80.6 Å². The van der Waals surface area contributed by atoms with E-state index in [-0.39, 0.29) is 24.3 Å². The Bertz CT molecular complexity index is 1170. The van der Waals surface area contributed by atoms with E-state index >= 15 is 0 Å². The minimum absolute atomic E-state index is 0.0837. The summed E-state index contributed by atoms with van der Waals surface area (Å²) in [5, 5.41) is 8.47. The van der Waals surface area contributed by atoms with Crippen LogP contribution in [0.5, 0.6) is 0 Å². The Labute approximate surface area is 242 Å². The minimum atomic E-state index is -0.883. The average molecular weight is 564 g/mol. The monoisotopic (exact) mass is 563 g/mol. The molecule has 3 amide bonds. The van der Waals surface area contributed by atoms with Crippen LogP contribution < -0.4 is 16.0 Å². The lowest BCUT2D eigenvalue weighted by Crippen LogP contribution is -2.50. The third-order valence-electron chi connectivity index (χ3n) is 6.78. The van der Waals surface area contributed by atoms with E-state index in [1.807, 2.05) is 74.5 Å². The molecule has 1 fully saturated rings. The number of carbonyl (C=O) groups excluding carboxylic acids is 4. The fraction of sp³-hybridized carbons (Fsp3) is 0.438. The molecule has 1 heterocycles. The molecule has 0 bridgehead atoms. The average Bonchev–Trinajstić information content (AvgIpc) is 3.35. The molecular weight excluding hydrogens is 522 g/mol. The number of rotatable bonds is 14. The number of hydrogen-bond acceptors (Lipinski definition) is 6. The highest BCUT2D eigenvalue weighted by Gasteiger charge is 2.30. The Hall–Kier alpha value is -4.14. The lowest BCUT2D eigenvalue weighted by Gasteiger charge is -2.25. The maximum atomic E-state index is 13.5. The standard InChI is InChI=1S/C32H41N3O6/c1-4-40-29(36)16-15-26(21-25-17-18-33-30(25)37)34-31(38)27(19-22(2)3)35-32(39)41-28(24-13-9-6-10-14-24)20-23-11-7-5-8-12-23/h5-16,22,25-28H,4,17-21H2,1-3H3,(H,33,37)(H,34,38)(H,35,39)/b16-15+. The van der Waals surface area contributed by atoms with E-state index in [2.05, 4.69) is 16.0 Å². The van der Waals surface area contributed by atoms with E-state index < -0.39 is 36.2 Å². The molecule has 0 saturated carbocycles. The second-order valence-corrected chi connectivity index (χ2v) is 10.6. The first-order chi connectivity index (χ1) is 19.7. The van der Waals surface area contributed by atoms with E-state index in [1.54, 1.807) is 6.92 Å². The number of esters is 1. The van der Waals surface area contributed by atoms with Crippen molar-refractivity contribution in [3.8, 4) is 0 Å². The summed E-state index contributed by atoms with van der Waals surface area (Å²) in [5.41, 5.74) is 1.85. The predicted molar refractivity (Wildman–Crippen MR) is 156 cm³/mol. The molecule has 9 nitrogen and oxygen atoms in total. The molecule has 0 aromatic heterocycles. The number of carbonyl (C=O) groups is 4. The van der Waals surface area contributed by atoms with Crippen molar-refractivity contribution in [1.29, 1.82) is 0 Å². The third kappa shape index (κ3) is 10.7. The highest BCUT2D eigenvalue weighted by atomic mass is 16.6. The van der Waals surface area contributed by atoms with Crippen LogP contribution in [0.3, 0.4) is 0 Å². The molecule has 3 rings (SSSR count). The van der Waals surface area contributed by atoms with Crippen LogP contribution in [0.25, 0.3) is 0 Å². The normalized spacial score (nSPS) is 17.0. The SMILES string of the molecule is CCOC(=O)/C=C/C(CC1CCNC1=O)NC(=O)C(CC(C)C)NC(=O)OC(Cc1ccccc1)c1ccccc1. The Morgan fingerprint density at radius 1 is 1.02 bits per heavy atom. The number of alkyl carbamates (subject to hydrolysis) is 1. The molecule has 1 saturated heterocycles. The Balaban J connectivity index is 1.72. The number of ether oxygens (including phenoxy) is 2. The second-order valence-electron chi connectivity index (χ2n) is 10.6. The van der Waals surface area contributed by atoms with Crippen molar-refractivity contribution >= 4 is 23.9 Å². The highest BCUT2D eigenvalue weighted by Crippen LogP contribution is 2.23. The van der Waals surface area contributed by atoms with Crippen LogP contribution in [0.2, 0.25) is 0 Å². The largest absolute Gasteiger partial charge is 0.463 e. The van der Waals surface area contributed by atoms with Gasteiger partial charge in [-0.05, 0) is 43.2 Å². The first kappa shape index (κ1) is 31.4. The summed E-state index contributed by atoms with van der Waals surface area (Å²) in [7, 11) is 0. The van der Waals surface area contributed by atoms with Crippen molar-refractivity contribution < 1.29 is 28.7 Å². The zero-order chi connectivity index (χ0) is 29.6.